The first-order valence-electron chi connectivity index (χ1n) is 6.78. The number of carbonyl (C=O) groups is 1. The van der Waals surface area contributed by atoms with Gasteiger partial charge in [-0.1, -0.05) is 6.07 Å². The van der Waals surface area contributed by atoms with Gasteiger partial charge in [0.1, 0.15) is 11.9 Å². The standard InChI is InChI=1S/C14H17F3N2O3/c1-9-2-3-10(11(6-9)22-8-14(15,16)17)19-13(20)12-7-18-4-5-21-12/h2-3,6,12,18H,4-5,7-8H2,1H3,(H,19,20). The average Bonchev–Trinajstić information content (AvgIpc) is 2.47. The van der Waals surface area contributed by atoms with Crippen molar-refractivity contribution in [2.45, 2.75) is 19.2 Å². The number of ether oxygens (including phenoxy) is 2. The maximum Gasteiger partial charge on any atom is 0.422 e. The molecule has 1 amide bonds. The summed E-state index contributed by atoms with van der Waals surface area (Å²) in [7, 11) is 0. The van der Waals surface area contributed by atoms with E-state index >= 15 is 0 Å². The van der Waals surface area contributed by atoms with Crippen molar-refractivity contribution in [3.8, 4) is 5.75 Å². The molecule has 1 fully saturated rings. The first-order chi connectivity index (χ1) is 10.3. The van der Waals surface area contributed by atoms with E-state index < -0.39 is 24.8 Å². The first kappa shape index (κ1) is 16.6. The molecule has 8 heteroatoms. The van der Waals surface area contributed by atoms with E-state index in [4.69, 9.17) is 9.47 Å². The third-order valence-electron chi connectivity index (χ3n) is 3.01. The van der Waals surface area contributed by atoms with Crippen LogP contribution in [-0.2, 0) is 9.53 Å². The molecule has 0 radical (unpaired) electrons. The molecule has 122 valence electrons. The highest BCUT2D eigenvalue weighted by Crippen LogP contribution is 2.28. The van der Waals surface area contributed by atoms with Gasteiger partial charge in [-0.15, -0.1) is 0 Å². The summed E-state index contributed by atoms with van der Waals surface area (Å²) >= 11 is 0. The van der Waals surface area contributed by atoms with Gasteiger partial charge in [-0.3, -0.25) is 4.79 Å². The Kier molecular flexibility index (Phi) is 5.25. The molecule has 0 bridgehead atoms. The lowest BCUT2D eigenvalue weighted by atomic mass is 10.2. The summed E-state index contributed by atoms with van der Waals surface area (Å²) in [6.07, 6.45) is -5.12. The monoisotopic (exact) mass is 318 g/mol. The maximum atomic E-state index is 12.3. The number of rotatable bonds is 4. The molecule has 0 aliphatic carbocycles. The van der Waals surface area contributed by atoms with Crippen LogP contribution in [0.1, 0.15) is 5.56 Å². The Morgan fingerprint density at radius 2 is 2.27 bits per heavy atom. The van der Waals surface area contributed by atoms with Gasteiger partial charge < -0.3 is 20.1 Å². The summed E-state index contributed by atoms with van der Waals surface area (Å²) in [5.74, 6) is -0.442. The van der Waals surface area contributed by atoms with Gasteiger partial charge in [0.05, 0.1) is 12.3 Å². The van der Waals surface area contributed by atoms with Crippen LogP contribution in [0.4, 0.5) is 18.9 Å². The largest absolute Gasteiger partial charge is 0.482 e. The first-order valence-corrected chi connectivity index (χ1v) is 6.78. The van der Waals surface area contributed by atoms with E-state index in [1.54, 1.807) is 13.0 Å². The number of alkyl halides is 3. The highest BCUT2D eigenvalue weighted by molar-refractivity contribution is 5.95. The molecule has 1 aromatic rings. The maximum absolute atomic E-state index is 12.3. The van der Waals surface area contributed by atoms with Gasteiger partial charge in [0.25, 0.3) is 5.91 Å². The molecule has 1 atom stereocenters. The van der Waals surface area contributed by atoms with Crippen LogP contribution in [0.5, 0.6) is 5.75 Å². The third kappa shape index (κ3) is 4.88. The van der Waals surface area contributed by atoms with E-state index in [1.165, 1.54) is 12.1 Å². The van der Waals surface area contributed by atoms with E-state index in [-0.39, 0.29) is 11.4 Å². The van der Waals surface area contributed by atoms with Crippen LogP contribution in [-0.4, -0.2) is 44.5 Å². The van der Waals surface area contributed by atoms with E-state index in [0.29, 0.717) is 19.7 Å². The zero-order valence-electron chi connectivity index (χ0n) is 12.0. The van der Waals surface area contributed by atoms with Crippen molar-refractivity contribution in [2.24, 2.45) is 0 Å². The molecule has 2 rings (SSSR count). The van der Waals surface area contributed by atoms with Crippen molar-refractivity contribution in [2.75, 3.05) is 31.6 Å². The smallest absolute Gasteiger partial charge is 0.422 e. The van der Waals surface area contributed by atoms with E-state index in [1.807, 2.05) is 0 Å². The van der Waals surface area contributed by atoms with Gasteiger partial charge in [0, 0.05) is 13.1 Å². The molecule has 0 saturated carbocycles. The number of anilines is 1. The van der Waals surface area contributed by atoms with E-state index in [0.717, 1.165) is 5.56 Å². The van der Waals surface area contributed by atoms with Crippen LogP contribution in [0.3, 0.4) is 0 Å². The third-order valence-corrected chi connectivity index (χ3v) is 3.01. The minimum atomic E-state index is -4.44. The highest BCUT2D eigenvalue weighted by Gasteiger charge is 2.29. The second-order valence-electron chi connectivity index (χ2n) is 4.96. The highest BCUT2D eigenvalue weighted by atomic mass is 19.4. The lowest BCUT2D eigenvalue weighted by molar-refractivity contribution is -0.153. The Morgan fingerprint density at radius 3 is 2.91 bits per heavy atom. The van der Waals surface area contributed by atoms with Crippen molar-refractivity contribution < 1.29 is 27.4 Å². The topological polar surface area (TPSA) is 59.6 Å². The molecule has 1 aliphatic rings. The minimum absolute atomic E-state index is 0.0190. The quantitative estimate of drug-likeness (QED) is 0.890. The number of carbonyl (C=O) groups excluding carboxylic acids is 1. The molecule has 22 heavy (non-hydrogen) atoms. The molecule has 2 N–H and O–H groups in total. The molecule has 1 saturated heterocycles. The Labute approximate surface area is 125 Å². The average molecular weight is 318 g/mol. The number of nitrogens with one attached hydrogen (secondary N) is 2. The molecule has 5 nitrogen and oxygen atoms in total. The molecule has 1 aliphatic heterocycles. The molecule has 1 heterocycles. The minimum Gasteiger partial charge on any atom is -0.482 e. The predicted molar refractivity (Wildman–Crippen MR) is 74.0 cm³/mol. The predicted octanol–water partition coefficient (Wildman–Crippen LogP) is 1.86. The fourth-order valence-corrected chi connectivity index (χ4v) is 1.96. The van der Waals surface area contributed by atoms with Crippen LogP contribution in [0.25, 0.3) is 0 Å². The second-order valence-corrected chi connectivity index (χ2v) is 4.96. The number of hydrogen-bond donors (Lipinski definition) is 2. The van der Waals surface area contributed by atoms with Crippen molar-refractivity contribution in [3.05, 3.63) is 23.8 Å². The van der Waals surface area contributed by atoms with Crippen molar-refractivity contribution in [1.29, 1.82) is 0 Å². The van der Waals surface area contributed by atoms with Gasteiger partial charge in [0.2, 0.25) is 0 Å². The molecular formula is C14H17F3N2O3. The Bertz CT molecular complexity index is 529. The molecule has 1 aromatic carbocycles. The summed E-state index contributed by atoms with van der Waals surface area (Å²) in [5.41, 5.74) is 0.916. The summed E-state index contributed by atoms with van der Waals surface area (Å²) in [5, 5.41) is 5.55. The van der Waals surface area contributed by atoms with Crippen LogP contribution in [0.15, 0.2) is 18.2 Å². The number of amides is 1. The molecular weight excluding hydrogens is 301 g/mol. The SMILES string of the molecule is Cc1ccc(NC(=O)C2CNCCO2)c(OCC(F)(F)F)c1. The normalized spacial score (nSPS) is 18.8. The number of hydrogen-bond acceptors (Lipinski definition) is 4. The summed E-state index contributed by atoms with van der Waals surface area (Å²) in [6.45, 7) is 1.73. The lowest BCUT2D eigenvalue weighted by Crippen LogP contribution is -2.45. The molecule has 0 aromatic heterocycles. The lowest BCUT2D eigenvalue weighted by Gasteiger charge is -2.23. The number of halogens is 3. The van der Waals surface area contributed by atoms with Crippen molar-refractivity contribution in [3.63, 3.8) is 0 Å². The van der Waals surface area contributed by atoms with E-state index in [2.05, 4.69) is 10.6 Å². The molecule has 0 spiro atoms. The molecule has 1 unspecified atom stereocenters. The van der Waals surface area contributed by atoms with Crippen LogP contribution < -0.4 is 15.4 Å². The fraction of sp³-hybridized carbons (Fsp3) is 0.500. The van der Waals surface area contributed by atoms with Crippen molar-refractivity contribution in [1.82, 2.24) is 5.32 Å². The Balaban J connectivity index is 2.07. The zero-order chi connectivity index (χ0) is 16.2. The van der Waals surface area contributed by atoms with Crippen molar-refractivity contribution >= 4 is 11.6 Å². The Morgan fingerprint density at radius 1 is 1.50 bits per heavy atom. The zero-order valence-corrected chi connectivity index (χ0v) is 12.0. The van der Waals surface area contributed by atoms with Gasteiger partial charge in [-0.05, 0) is 24.6 Å². The number of benzene rings is 1. The van der Waals surface area contributed by atoms with Gasteiger partial charge in [0.15, 0.2) is 6.61 Å². The van der Waals surface area contributed by atoms with Gasteiger partial charge in [-0.25, -0.2) is 0 Å². The van der Waals surface area contributed by atoms with Crippen LogP contribution >= 0.6 is 0 Å². The van der Waals surface area contributed by atoms with E-state index in [9.17, 15) is 18.0 Å². The number of aryl methyl sites for hydroxylation is 1. The number of morpholine rings is 1. The second kappa shape index (κ2) is 6.97. The summed E-state index contributed by atoms with van der Waals surface area (Å²) in [6, 6.07) is 4.63. The van der Waals surface area contributed by atoms with Gasteiger partial charge >= 0.3 is 6.18 Å². The van der Waals surface area contributed by atoms with Crippen LogP contribution in [0, 0.1) is 6.92 Å². The summed E-state index contributed by atoms with van der Waals surface area (Å²) in [4.78, 5) is 12.1. The van der Waals surface area contributed by atoms with Crippen LogP contribution in [0.2, 0.25) is 0 Å². The van der Waals surface area contributed by atoms with Gasteiger partial charge in [-0.2, -0.15) is 13.2 Å². The fourth-order valence-electron chi connectivity index (χ4n) is 1.96. The summed E-state index contributed by atoms with van der Waals surface area (Å²) < 4.78 is 46.9. The Hall–Kier alpha value is -1.80.